The van der Waals surface area contributed by atoms with Crippen LogP contribution in [0.5, 0.6) is 5.75 Å². The van der Waals surface area contributed by atoms with Gasteiger partial charge in [0.2, 0.25) is 5.91 Å². The zero-order valence-electron chi connectivity index (χ0n) is 20.8. The van der Waals surface area contributed by atoms with Gasteiger partial charge in [0.25, 0.3) is 0 Å². The van der Waals surface area contributed by atoms with Crippen molar-refractivity contribution in [3.8, 4) is 5.75 Å². The van der Waals surface area contributed by atoms with Gasteiger partial charge in [-0.05, 0) is 91.5 Å². The molecule has 36 heavy (non-hydrogen) atoms. The Morgan fingerprint density at radius 2 is 1.64 bits per heavy atom. The van der Waals surface area contributed by atoms with Crippen molar-refractivity contribution in [1.29, 1.82) is 5.41 Å². The Balaban J connectivity index is 1.40. The topological polar surface area (TPSA) is 91.4 Å². The SMILES string of the molecule is N=C(N)c1ccc2ccc(CN(C(=O)C3CCCCC3)c3ccc(OC4CCNCC4)cc3)cc2c1. The van der Waals surface area contributed by atoms with Crippen LogP contribution in [0.4, 0.5) is 5.69 Å². The number of carbonyl (C=O) groups is 1. The number of piperidine rings is 1. The molecule has 0 atom stereocenters. The number of nitrogens with two attached hydrogens (primary N) is 1. The third-order valence-corrected chi connectivity index (χ3v) is 7.51. The Morgan fingerprint density at radius 3 is 2.36 bits per heavy atom. The third-order valence-electron chi connectivity index (χ3n) is 7.51. The molecule has 2 aliphatic rings. The highest BCUT2D eigenvalue weighted by molar-refractivity contribution is 5.99. The van der Waals surface area contributed by atoms with Gasteiger partial charge in [0.1, 0.15) is 17.7 Å². The molecule has 0 bridgehead atoms. The van der Waals surface area contributed by atoms with E-state index in [0.29, 0.717) is 12.1 Å². The van der Waals surface area contributed by atoms with Crippen LogP contribution in [0.25, 0.3) is 10.8 Å². The van der Waals surface area contributed by atoms with E-state index in [-0.39, 0.29) is 23.8 Å². The summed E-state index contributed by atoms with van der Waals surface area (Å²) in [5.74, 6) is 1.20. The highest BCUT2D eigenvalue weighted by Crippen LogP contribution is 2.30. The molecule has 5 rings (SSSR count). The third kappa shape index (κ3) is 5.71. The van der Waals surface area contributed by atoms with Crippen LogP contribution in [0.2, 0.25) is 0 Å². The van der Waals surface area contributed by atoms with Gasteiger partial charge in [0.05, 0.1) is 6.54 Å². The first-order valence-corrected chi connectivity index (χ1v) is 13.2. The number of hydrogen-bond donors (Lipinski definition) is 3. The highest BCUT2D eigenvalue weighted by atomic mass is 16.5. The van der Waals surface area contributed by atoms with E-state index in [4.69, 9.17) is 15.9 Å². The van der Waals surface area contributed by atoms with Gasteiger partial charge < -0.3 is 20.7 Å². The minimum Gasteiger partial charge on any atom is -0.490 e. The number of anilines is 1. The summed E-state index contributed by atoms with van der Waals surface area (Å²) in [4.78, 5) is 15.7. The van der Waals surface area contributed by atoms with E-state index in [9.17, 15) is 4.79 Å². The fraction of sp³-hybridized carbons (Fsp3) is 0.400. The Morgan fingerprint density at radius 1 is 0.917 bits per heavy atom. The first-order chi connectivity index (χ1) is 17.6. The molecule has 0 spiro atoms. The maximum Gasteiger partial charge on any atom is 0.230 e. The first kappa shape index (κ1) is 24.3. The van der Waals surface area contributed by atoms with Crippen molar-refractivity contribution in [2.45, 2.75) is 57.6 Å². The van der Waals surface area contributed by atoms with Crippen LogP contribution in [-0.2, 0) is 11.3 Å². The number of benzene rings is 3. The van der Waals surface area contributed by atoms with Crippen LogP contribution in [-0.4, -0.2) is 30.9 Å². The molecule has 1 aliphatic heterocycles. The molecule has 3 aromatic carbocycles. The van der Waals surface area contributed by atoms with Gasteiger partial charge in [-0.2, -0.15) is 0 Å². The molecule has 0 radical (unpaired) electrons. The summed E-state index contributed by atoms with van der Waals surface area (Å²) < 4.78 is 6.19. The van der Waals surface area contributed by atoms with Gasteiger partial charge in [0, 0.05) is 17.2 Å². The summed E-state index contributed by atoms with van der Waals surface area (Å²) in [5, 5.41) is 13.3. The lowest BCUT2D eigenvalue weighted by Crippen LogP contribution is -2.36. The van der Waals surface area contributed by atoms with Gasteiger partial charge in [-0.15, -0.1) is 0 Å². The van der Waals surface area contributed by atoms with Crippen molar-refractivity contribution < 1.29 is 9.53 Å². The van der Waals surface area contributed by atoms with Crippen LogP contribution in [0.3, 0.4) is 0 Å². The van der Waals surface area contributed by atoms with Gasteiger partial charge >= 0.3 is 0 Å². The van der Waals surface area contributed by atoms with Crippen LogP contribution in [0, 0.1) is 11.3 Å². The van der Waals surface area contributed by atoms with E-state index < -0.39 is 0 Å². The second kappa shape index (κ2) is 11.1. The van der Waals surface area contributed by atoms with Crippen molar-refractivity contribution in [3.63, 3.8) is 0 Å². The van der Waals surface area contributed by atoms with E-state index in [2.05, 4.69) is 23.5 Å². The minimum absolute atomic E-state index is 0.0585. The van der Waals surface area contributed by atoms with E-state index in [1.54, 1.807) is 0 Å². The van der Waals surface area contributed by atoms with Crippen molar-refractivity contribution in [3.05, 3.63) is 71.8 Å². The Labute approximate surface area is 213 Å². The number of nitrogens with one attached hydrogen (secondary N) is 2. The lowest BCUT2D eigenvalue weighted by molar-refractivity contribution is -0.123. The predicted molar refractivity (Wildman–Crippen MR) is 146 cm³/mol. The molecular formula is C30H36N4O2. The normalized spacial score (nSPS) is 17.1. The van der Waals surface area contributed by atoms with E-state index in [1.165, 1.54) is 6.42 Å². The summed E-state index contributed by atoms with van der Waals surface area (Å²) in [6, 6.07) is 20.1. The maximum absolute atomic E-state index is 13.8. The second-order valence-electron chi connectivity index (χ2n) is 10.1. The molecule has 1 amide bonds. The fourth-order valence-corrected chi connectivity index (χ4v) is 5.42. The number of nitrogens with zero attached hydrogens (tertiary/aromatic N) is 1. The smallest absolute Gasteiger partial charge is 0.230 e. The fourth-order valence-electron chi connectivity index (χ4n) is 5.42. The zero-order valence-corrected chi connectivity index (χ0v) is 20.8. The van der Waals surface area contributed by atoms with Crippen LogP contribution >= 0.6 is 0 Å². The standard InChI is InChI=1S/C30H36N4O2/c31-29(32)24-9-8-22-7-6-21(18-25(22)19-24)20-34(30(35)23-4-2-1-3-5-23)26-10-12-27(13-11-26)36-28-14-16-33-17-15-28/h6-13,18-19,23,28,33H,1-5,14-17,20H2,(H3,31,32). The van der Waals surface area contributed by atoms with Crippen LogP contribution < -0.4 is 20.7 Å². The number of carbonyl (C=O) groups excluding carboxylic acids is 1. The predicted octanol–water partition coefficient (Wildman–Crippen LogP) is 5.37. The van der Waals surface area contributed by atoms with E-state index >= 15 is 0 Å². The molecule has 4 N–H and O–H groups in total. The van der Waals surface area contributed by atoms with Crippen molar-refractivity contribution in [2.24, 2.45) is 11.7 Å². The van der Waals surface area contributed by atoms with E-state index in [0.717, 1.165) is 79.4 Å². The van der Waals surface area contributed by atoms with Crippen molar-refractivity contribution in [2.75, 3.05) is 18.0 Å². The molecule has 188 valence electrons. The number of amidine groups is 1. The average molecular weight is 485 g/mol. The van der Waals surface area contributed by atoms with Crippen LogP contribution in [0.15, 0.2) is 60.7 Å². The molecule has 1 heterocycles. The molecule has 0 aromatic heterocycles. The summed E-state index contributed by atoms with van der Waals surface area (Å²) in [5.41, 5.74) is 8.38. The van der Waals surface area contributed by atoms with E-state index in [1.807, 2.05) is 47.4 Å². The average Bonchev–Trinajstić information content (AvgIpc) is 2.92. The number of ether oxygens (including phenoxy) is 1. The van der Waals surface area contributed by atoms with Gasteiger partial charge in [-0.1, -0.05) is 43.5 Å². The number of amides is 1. The second-order valence-corrected chi connectivity index (χ2v) is 10.1. The molecule has 1 saturated heterocycles. The van der Waals surface area contributed by atoms with Crippen molar-refractivity contribution in [1.82, 2.24) is 5.32 Å². The molecule has 2 fully saturated rings. The molecule has 6 heteroatoms. The molecule has 1 saturated carbocycles. The molecule has 3 aromatic rings. The summed E-state index contributed by atoms with van der Waals surface area (Å²) in [6.07, 6.45) is 7.67. The summed E-state index contributed by atoms with van der Waals surface area (Å²) in [7, 11) is 0. The number of hydrogen-bond acceptors (Lipinski definition) is 4. The number of rotatable bonds is 7. The highest BCUT2D eigenvalue weighted by Gasteiger charge is 2.27. The Hall–Kier alpha value is -3.38. The summed E-state index contributed by atoms with van der Waals surface area (Å²) >= 11 is 0. The molecule has 0 unspecified atom stereocenters. The van der Waals surface area contributed by atoms with Gasteiger partial charge in [-0.3, -0.25) is 10.2 Å². The monoisotopic (exact) mass is 484 g/mol. The largest absolute Gasteiger partial charge is 0.490 e. The van der Waals surface area contributed by atoms with Crippen molar-refractivity contribution >= 4 is 28.2 Å². The van der Waals surface area contributed by atoms with Crippen LogP contribution in [0.1, 0.15) is 56.1 Å². The van der Waals surface area contributed by atoms with Gasteiger partial charge in [0.15, 0.2) is 0 Å². The first-order valence-electron chi connectivity index (χ1n) is 13.2. The Kier molecular flexibility index (Phi) is 7.52. The Bertz CT molecular complexity index is 1210. The quantitative estimate of drug-likeness (QED) is 0.311. The molecule has 6 nitrogen and oxygen atoms in total. The molecule has 1 aliphatic carbocycles. The zero-order chi connectivity index (χ0) is 24.9. The lowest BCUT2D eigenvalue weighted by Gasteiger charge is -2.30. The molecular weight excluding hydrogens is 448 g/mol. The lowest BCUT2D eigenvalue weighted by atomic mass is 9.88. The maximum atomic E-state index is 13.8. The summed E-state index contributed by atoms with van der Waals surface area (Å²) in [6.45, 7) is 2.49. The minimum atomic E-state index is 0.0585. The number of nitrogen functional groups attached to an aromatic ring is 1. The number of fused-ring (bicyclic) bond motifs is 1. The van der Waals surface area contributed by atoms with Gasteiger partial charge in [-0.25, -0.2) is 0 Å².